The number of nitrogens with one attached hydrogen (secondary N) is 1. The molecule has 0 aliphatic rings. The summed E-state index contributed by atoms with van der Waals surface area (Å²) in [5.41, 5.74) is 2.64. The van der Waals surface area contributed by atoms with Crippen LogP contribution in [0.3, 0.4) is 0 Å². The van der Waals surface area contributed by atoms with Crippen LogP contribution in [-0.2, 0) is 6.42 Å². The minimum atomic E-state index is -0.625. The molecule has 1 amide bonds. The van der Waals surface area contributed by atoms with E-state index in [2.05, 4.69) is 12.2 Å². The second-order valence-electron chi connectivity index (χ2n) is 5.48. The minimum absolute atomic E-state index is 0.116. The van der Waals surface area contributed by atoms with Gasteiger partial charge in [-0.05, 0) is 50.5 Å². The van der Waals surface area contributed by atoms with Gasteiger partial charge in [0, 0.05) is 17.7 Å². The highest BCUT2D eigenvalue weighted by Crippen LogP contribution is 2.23. The van der Waals surface area contributed by atoms with Crippen molar-refractivity contribution in [1.29, 1.82) is 0 Å². The van der Waals surface area contributed by atoms with E-state index in [1.54, 1.807) is 0 Å². The van der Waals surface area contributed by atoms with Crippen LogP contribution < -0.4 is 5.32 Å². The molecule has 4 heteroatoms. The number of aliphatic hydroxyl groups is 1. The first-order chi connectivity index (χ1) is 10.5. The van der Waals surface area contributed by atoms with Crippen LogP contribution in [0.15, 0.2) is 34.7 Å². The third kappa shape index (κ3) is 3.98. The number of furan rings is 1. The van der Waals surface area contributed by atoms with Crippen LogP contribution in [0.5, 0.6) is 0 Å². The summed E-state index contributed by atoms with van der Waals surface area (Å²) < 4.78 is 5.41. The Bertz CT molecular complexity index is 628. The molecule has 118 valence electrons. The minimum Gasteiger partial charge on any atom is -0.466 e. The predicted molar refractivity (Wildman–Crippen MR) is 85.9 cm³/mol. The maximum Gasteiger partial charge on any atom is 0.251 e. The zero-order chi connectivity index (χ0) is 16.1. The van der Waals surface area contributed by atoms with Crippen molar-refractivity contribution in [2.45, 2.75) is 39.7 Å². The SMILES string of the molecule is CCc1ccc(C(=O)NCCC(O)c2cc(C)oc2C)cc1. The summed E-state index contributed by atoms with van der Waals surface area (Å²) in [5, 5.41) is 13.0. The Hall–Kier alpha value is -2.07. The molecular weight excluding hydrogens is 278 g/mol. The molecule has 0 saturated carbocycles. The summed E-state index contributed by atoms with van der Waals surface area (Å²) in [4.78, 5) is 12.0. The molecule has 0 bridgehead atoms. The van der Waals surface area contributed by atoms with Gasteiger partial charge in [-0.1, -0.05) is 19.1 Å². The molecule has 22 heavy (non-hydrogen) atoms. The van der Waals surface area contributed by atoms with E-state index in [1.165, 1.54) is 5.56 Å². The van der Waals surface area contributed by atoms with Crippen molar-refractivity contribution in [1.82, 2.24) is 5.32 Å². The summed E-state index contributed by atoms with van der Waals surface area (Å²) in [5.74, 6) is 1.40. The second-order valence-corrected chi connectivity index (χ2v) is 5.48. The highest BCUT2D eigenvalue weighted by Gasteiger charge is 2.14. The molecule has 1 atom stereocenters. The van der Waals surface area contributed by atoms with Gasteiger partial charge in [0.1, 0.15) is 11.5 Å². The average Bonchev–Trinajstić information content (AvgIpc) is 2.86. The van der Waals surface area contributed by atoms with Crippen LogP contribution in [0.25, 0.3) is 0 Å². The summed E-state index contributed by atoms with van der Waals surface area (Å²) in [7, 11) is 0. The Balaban J connectivity index is 1.84. The van der Waals surface area contributed by atoms with Crippen molar-refractivity contribution in [3.63, 3.8) is 0 Å². The van der Waals surface area contributed by atoms with Crippen LogP contribution in [0.2, 0.25) is 0 Å². The van der Waals surface area contributed by atoms with Gasteiger partial charge in [0.25, 0.3) is 5.91 Å². The summed E-state index contributed by atoms with van der Waals surface area (Å²) in [6.45, 7) is 6.18. The molecule has 1 unspecified atom stereocenters. The third-order valence-corrected chi connectivity index (χ3v) is 3.77. The van der Waals surface area contributed by atoms with Crippen molar-refractivity contribution in [3.8, 4) is 0 Å². The van der Waals surface area contributed by atoms with Gasteiger partial charge in [0.15, 0.2) is 0 Å². The quantitative estimate of drug-likeness (QED) is 0.860. The lowest BCUT2D eigenvalue weighted by atomic mass is 10.1. The molecule has 0 aliphatic heterocycles. The molecule has 1 aromatic carbocycles. The predicted octanol–water partition coefficient (Wildman–Crippen LogP) is 3.31. The third-order valence-electron chi connectivity index (χ3n) is 3.77. The first-order valence-corrected chi connectivity index (χ1v) is 7.63. The average molecular weight is 301 g/mol. The maximum absolute atomic E-state index is 12.0. The molecule has 0 spiro atoms. The number of hydrogen-bond donors (Lipinski definition) is 2. The number of carbonyl (C=O) groups is 1. The van der Waals surface area contributed by atoms with Crippen molar-refractivity contribution >= 4 is 5.91 Å². The molecular formula is C18H23NO3. The Morgan fingerprint density at radius 3 is 2.50 bits per heavy atom. The Morgan fingerprint density at radius 2 is 1.95 bits per heavy atom. The van der Waals surface area contributed by atoms with Crippen LogP contribution in [0, 0.1) is 13.8 Å². The molecule has 0 aliphatic carbocycles. The number of aryl methyl sites for hydroxylation is 3. The lowest BCUT2D eigenvalue weighted by Gasteiger charge is -2.11. The van der Waals surface area contributed by atoms with Gasteiger partial charge in [-0.2, -0.15) is 0 Å². The van der Waals surface area contributed by atoms with E-state index in [1.807, 2.05) is 44.2 Å². The fourth-order valence-corrected chi connectivity index (χ4v) is 2.45. The first kappa shape index (κ1) is 16.3. The summed E-state index contributed by atoms with van der Waals surface area (Å²) in [6, 6.07) is 9.41. The number of benzene rings is 1. The number of carbonyl (C=O) groups excluding carboxylic acids is 1. The summed E-state index contributed by atoms with van der Waals surface area (Å²) >= 11 is 0. The highest BCUT2D eigenvalue weighted by atomic mass is 16.3. The van der Waals surface area contributed by atoms with Crippen LogP contribution in [-0.4, -0.2) is 17.6 Å². The standard InChI is InChI=1S/C18H23NO3/c1-4-14-5-7-15(8-6-14)18(21)19-10-9-17(20)16-11-12(2)22-13(16)3/h5-8,11,17,20H,4,9-10H2,1-3H3,(H,19,21). The van der Waals surface area contributed by atoms with Crippen molar-refractivity contribution in [2.24, 2.45) is 0 Å². The van der Waals surface area contributed by atoms with Crippen LogP contribution in [0.4, 0.5) is 0 Å². The van der Waals surface area contributed by atoms with Gasteiger partial charge in [0.05, 0.1) is 6.10 Å². The number of amides is 1. The topological polar surface area (TPSA) is 62.5 Å². The molecule has 2 rings (SSSR count). The second kappa shape index (κ2) is 7.27. The normalized spacial score (nSPS) is 12.2. The van der Waals surface area contributed by atoms with E-state index >= 15 is 0 Å². The first-order valence-electron chi connectivity index (χ1n) is 7.63. The molecule has 0 fully saturated rings. The van der Waals surface area contributed by atoms with Gasteiger partial charge in [-0.15, -0.1) is 0 Å². The lowest BCUT2D eigenvalue weighted by Crippen LogP contribution is -2.25. The van der Waals surface area contributed by atoms with Gasteiger partial charge in [0.2, 0.25) is 0 Å². The van der Waals surface area contributed by atoms with Gasteiger partial charge >= 0.3 is 0 Å². The summed E-state index contributed by atoms with van der Waals surface area (Å²) in [6.07, 6.45) is 0.788. The lowest BCUT2D eigenvalue weighted by molar-refractivity contribution is 0.0942. The van der Waals surface area contributed by atoms with Gasteiger partial charge < -0.3 is 14.8 Å². The molecule has 2 N–H and O–H groups in total. The van der Waals surface area contributed by atoms with E-state index in [-0.39, 0.29) is 5.91 Å². The van der Waals surface area contributed by atoms with Gasteiger partial charge in [-0.3, -0.25) is 4.79 Å². The molecule has 1 heterocycles. The Kier molecular flexibility index (Phi) is 5.39. The Morgan fingerprint density at radius 1 is 1.27 bits per heavy atom. The fourth-order valence-electron chi connectivity index (χ4n) is 2.45. The number of rotatable bonds is 6. The fraction of sp³-hybridized carbons (Fsp3) is 0.389. The monoisotopic (exact) mass is 301 g/mol. The van der Waals surface area contributed by atoms with E-state index in [9.17, 15) is 9.90 Å². The van der Waals surface area contributed by atoms with Crippen molar-refractivity contribution < 1.29 is 14.3 Å². The van der Waals surface area contributed by atoms with E-state index in [0.29, 0.717) is 18.5 Å². The molecule has 0 radical (unpaired) electrons. The van der Waals surface area contributed by atoms with E-state index in [4.69, 9.17) is 4.42 Å². The zero-order valence-electron chi connectivity index (χ0n) is 13.3. The molecule has 4 nitrogen and oxygen atoms in total. The molecule has 2 aromatic rings. The number of hydrogen-bond acceptors (Lipinski definition) is 3. The maximum atomic E-state index is 12.0. The van der Waals surface area contributed by atoms with Crippen LogP contribution in [0.1, 0.15) is 52.5 Å². The van der Waals surface area contributed by atoms with Crippen molar-refractivity contribution in [2.75, 3.05) is 6.54 Å². The Labute approximate surface area is 131 Å². The zero-order valence-corrected chi connectivity index (χ0v) is 13.3. The van der Waals surface area contributed by atoms with Gasteiger partial charge in [-0.25, -0.2) is 0 Å². The van der Waals surface area contributed by atoms with Crippen molar-refractivity contribution in [3.05, 3.63) is 58.5 Å². The van der Waals surface area contributed by atoms with E-state index in [0.717, 1.165) is 23.5 Å². The largest absolute Gasteiger partial charge is 0.466 e. The number of aliphatic hydroxyl groups excluding tert-OH is 1. The smallest absolute Gasteiger partial charge is 0.251 e. The van der Waals surface area contributed by atoms with E-state index < -0.39 is 6.10 Å². The van der Waals surface area contributed by atoms with Crippen LogP contribution >= 0.6 is 0 Å². The molecule has 0 saturated heterocycles. The molecule has 1 aromatic heterocycles. The highest BCUT2D eigenvalue weighted by molar-refractivity contribution is 5.94.